The minimum absolute atomic E-state index is 0.0305. The molecule has 0 aliphatic rings. The van der Waals surface area contributed by atoms with Crippen LogP contribution in [0.2, 0.25) is 0 Å². The van der Waals surface area contributed by atoms with Crippen LogP contribution in [-0.2, 0) is 9.59 Å². The molecule has 11 heteroatoms. The lowest BCUT2D eigenvalue weighted by Gasteiger charge is -2.18. The fraction of sp³-hybridized carbons (Fsp3) is 0.0789. The van der Waals surface area contributed by atoms with E-state index in [4.69, 9.17) is 4.74 Å². The molecule has 10 nitrogen and oxygen atoms in total. The number of amides is 3. The number of hydrogen-bond acceptors (Lipinski definition) is 7. The maximum Gasteiger partial charge on any atom is 0.272 e. The number of ether oxygens (including phenoxy) is 1. The van der Waals surface area contributed by atoms with Gasteiger partial charge in [-0.2, -0.15) is 0 Å². The van der Waals surface area contributed by atoms with Crippen LogP contribution in [0.15, 0.2) is 138 Å². The summed E-state index contributed by atoms with van der Waals surface area (Å²) in [6, 6.07) is 36.2. The molecule has 5 rings (SSSR count). The van der Waals surface area contributed by atoms with E-state index in [2.05, 4.69) is 16.0 Å². The molecule has 3 amide bonds. The van der Waals surface area contributed by atoms with Crippen LogP contribution in [0, 0.1) is 17.0 Å². The SMILES string of the molecule is COc1cccc(/C=C(\NC(=O)c2ccccc2)C(=O)Nc2ccc(SC(C(=O)Nc3ccc([N+](=O)[O-])cc3C)c3ccccc3)cc2)c1. The Balaban J connectivity index is 1.34. The first-order valence-corrected chi connectivity index (χ1v) is 16.0. The van der Waals surface area contributed by atoms with Crippen LogP contribution in [0.3, 0.4) is 0 Å². The minimum Gasteiger partial charge on any atom is -0.497 e. The van der Waals surface area contributed by atoms with Gasteiger partial charge >= 0.3 is 0 Å². The molecule has 246 valence electrons. The summed E-state index contributed by atoms with van der Waals surface area (Å²) in [5.74, 6) is -0.674. The number of nitrogens with one attached hydrogen (secondary N) is 3. The van der Waals surface area contributed by atoms with E-state index < -0.39 is 22.0 Å². The zero-order valence-corrected chi connectivity index (χ0v) is 27.4. The lowest BCUT2D eigenvalue weighted by molar-refractivity contribution is -0.384. The molecule has 5 aromatic rings. The predicted octanol–water partition coefficient (Wildman–Crippen LogP) is 7.79. The first kappa shape index (κ1) is 34.1. The van der Waals surface area contributed by atoms with E-state index in [1.807, 2.05) is 30.3 Å². The van der Waals surface area contributed by atoms with Crippen molar-refractivity contribution in [2.45, 2.75) is 17.1 Å². The highest BCUT2D eigenvalue weighted by atomic mass is 32.2. The van der Waals surface area contributed by atoms with Gasteiger partial charge < -0.3 is 20.7 Å². The number of methoxy groups -OCH3 is 1. The summed E-state index contributed by atoms with van der Waals surface area (Å²) in [6.07, 6.45) is 1.57. The Bertz CT molecular complexity index is 2000. The molecule has 1 unspecified atom stereocenters. The highest BCUT2D eigenvalue weighted by Crippen LogP contribution is 2.37. The predicted molar refractivity (Wildman–Crippen MR) is 191 cm³/mol. The Morgan fingerprint density at radius 2 is 1.51 bits per heavy atom. The third kappa shape index (κ3) is 9.21. The molecule has 0 aliphatic heterocycles. The summed E-state index contributed by atoms with van der Waals surface area (Å²) in [5, 5.41) is 19.0. The molecule has 0 heterocycles. The monoisotopic (exact) mass is 672 g/mol. The van der Waals surface area contributed by atoms with Crippen molar-refractivity contribution in [2.75, 3.05) is 17.7 Å². The smallest absolute Gasteiger partial charge is 0.272 e. The summed E-state index contributed by atoms with van der Waals surface area (Å²) in [6.45, 7) is 1.70. The van der Waals surface area contributed by atoms with Gasteiger partial charge in [-0.05, 0) is 84.3 Å². The molecule has 3 N–H and O–H groups in total. The van der Waals surface area contributed by atoms with Gasteiger partial charge in [0.25, 0.3) is 17.5 Å². The second-order valence-corrected chi connectivity index (χ2v) is 12.0. The van der Waals surface area contributed by atoms with E-state index in [9.17, 15) is 24.5 Å². The molecule has 0 aliphatic carbocycles. The molecule has 49 heavy (non-hydrogen) atoms. The topological polar surface area (TPSA) is 140 Å². The Labute approximate surface area is 287 Å². The van der Waals surface area contributed by atoms with Gasteiger partial charge in [-0.25, -0.2) is 0 Å². The van der Waals surface area contributed by atoms with E-state index in [1.54, 1.807) is 99.0 Å². The number of aryl methyl sites for hydroxylation is 1. The van der Waals surface area contributed by atoms with Gasteiger partial charge in [0, 0.05) is 34.0 Å². The number of carbonyl (C=O) groups excluding carboxylic acids is 3. The maximum atomic E-state index is 13.6. The summed E-state index contributed by atoms with van der Waals surface area (Å²) in [4.78, 5) is 51.5. The minimum atomic E-state index is -0.651. The molecular formula is C38H32N4O6S. The Hall–Kier alpha value is -6.20. The molecular weight excluding hydrogens is 641 g/mol. The fourth-order valence-electron chi connectivity index (χ4n) is 4.79. The molecule has 0 saturated heterocycles. The number of rotatable bonds is 12. The highest BCUT2D eigenvalue weighted by Gasteiger charge is 2.23. The number of thioether (sulfide) groups is 1. The summed E-state index contributed by atoms with van der Waals surface area (Å²) >= 11 is 1.32. The highest BCUT2D eigenvalue weighted by molar-refractivity contribution is 8.00. The normalized spacial score (nSPS) is 11.6. The Morgan fingerprint density at radius 3 is 2.16 bits per heavy atom. The molecule has 0 spiro atoms. The molecule has 5 aromatic carbocycles. The van der Waals surface area contributed by atoms with E-state index in [0.717, 1.165) is 10.5 Å². The van der Waals surface area contributed by atoms with Crippen LogP contribution in [-0.4, -0.2) is 29.8 Å². The number of benzene rings is 5. The molecule has 0 fully saturated rings. The first-order valence-electron chi connectivity index (χ1n) is 15.1. The summed E-state index contributed by atoms with van der Waals surface area (Å²) in [5.41, 5.74) is 3.31. The van der Waals surface area contributed by atoms with Gasteiger partial charge in [0.15, 0.2) is 0 Å². The molecule has 0 saturated carbocycles. The van der Waals surface area contributed by atoms with Crippen molar-refractivity contribution >= 4 is 52.6 Å². The maximum absolute atomic E-state index is 13.6. The van der Waals surface area contributed by atoms with Crippen molar-refractivity contribution in [3.8, 4) is 5.75 Å². The van der Waals surface area contributed by atoms with Gasteiger partial charge in [-0.1, -0.05) is 60.7 Å². The fourth-order valence-corrected chi connectivity index (χ4v) is 5.82. The van der Waals surface area contributed by atoms with E-state index in [-0.39, 0.29) is 17.3 Å². The molecule has 0 bridgehead atoms. The number of carbonyl (C=O) groups is 3. The van der Waals surface area contributed by atoms with Gasteiger partial charge in [0.2, 0.25) is 5.91 Å². The van der Waals surface area contributed by atoms with Crippen molar-refractivity contribution in [1.82, 2.24) is 5.32 Å². The van der Waals surface area contributed by atoms with Crippen molar-refractivity contribution in [2.24, 2.45) is 0 Å². The van der Waals surface area contributed by atoms with Gasteiger partial charge in [-0.3, -0.25) is 24.5 Å². The number of nitro benzene ring substituents is 1. The zero-order chi connectivity index (χ0) is 34.8. The lowest BCUT2D eigenvalue weighted by Crippen LogP contribution is -2.30. The molecule has 1 atom stereocenters. The standard InChI is InChI=1S/C38H32N4O6S/c1-25-22-30(42(46)47)18-21-33(25)40-38(45)35(27-11-5-3-6-12-27)49-32-19-16-29(17-20-32)39-37(44)34(24-26-10-9-15-31(23-26)48-2)41-36(43)28-13-7-4-8-14-28/h3-24,35H,1-2H3,(H,39,44)(H,40,45)(H,41,43)/b34-24-. The van der Waals surface area contributed by atoms with Crippen LogP contribution in [0.4, 0.5) is 17.1 Å². The van der Waals surface area contributed by atoms with Gasteiger partial charge in [0.1, 0.15) is 16.7 Å². The summed E-state index contributed by atoms with van der Waals surface area (Å²) in [7, 11) is 1.55. The van der Waals surface area contributed by atoms with Crippen LogP contribution in [0.25, 0.3) is 6.08 Å². The van der Waals surface area contributed by atoms with Crippen molar-refractivity contribution in [1.29, 1.82) is 0 Å². The largest absolute Gasteiger partial charge is 0.497 e. The zero-order valence-electron chi connectivity index (χ0n) is 26.6. The van der Waals surface area contributed by atoms with Crippen molar-refractivity contribution < 1.29 is 24.0 Å². The second-order valence-electron chi connectivity index (χ2n) is 10.8. The van der Waals surface area contributed by atoms with Crippen molar-refractivity contribution in [3.05, 3.63) is 165 Å². The third-order valence-corrected chi connectivity index (χ3v) is 8.59. The first-order chi connectivity index (χ1) is 23.7. The van der Waals surface area contributed by atoms with Crippen LogP contribution < -0.4 is 20.7 Å². The average molecular weight is 673 g/mol. The Kier molecular flexibility index (Phi) is 11.2. The third-order valence-electron chi connectivity index (χ3n) is 7.32. The average Bonchev–Trinajstić information content (AvgIpc) is 3.12. The number of nitrogens with zero attached hydrogens (tertiary/aromatic N) is 1. The number of non-ortho nitro benzene ring substituents is 1. The molecule has 0 aromatic heterocycles. The number of hydrogen-bond donors (Lipinski definition) is 3. The summed E-state index contributed by atoms with van der Waals surface area (Å²) < 4.78 is 5.30. The number of nitro groups is 1. The van der Waals surface area contributed by atoms with E-state index in [1.165, 1.54) is 30.0 Å². The van der Waals surface area contributed by atoms with Crippen LogP contribution in [0.1, 0.15) is 32.3 Å². The lowest BCUT2D eigenvalue weighted by atomic mass is 10.1. The second kappa shape index (κ2) is 16.1. The van der Waals surface area contributed by atoms with Gasteiger partial charge in [-0.15, -0.1) is 11.8 Å². The number of anilines is 2. The van der Waals surface area contributed by atoms with E-state index in [0.29, 0.717) is 33.8 Å². The van der Waals surface area contributed by atoms with Crippen molar-refractivity contribution in [3.63, 3.8) is 0 Å². The van der Waals surface area contributed by atoms with E-state index >= 15 is 0 Å². The quantitative estimate of drug-likeness (QED) is 0.0532. The van der Waals surface area contributed by atoms with Gasteiger partial charge in [0.05, 0.1) is 12.0 Å². The Morgan fingerprint density at radius 1 is 0.816 bits per heavy atom. The van der Waals surface area contributed by atoms with Crippen LogP contribution >= 0.6 is 11.8 Å². The van der Waals surface area contributed by atoms with Crippen LogP contribution in [0.5, 0.6) is 5.75 Å². The molecule has 0 radical (unpaired) electrons.